The number of carbonyl (C=O) groups excluding carboxylic acids is 1. The van der Waals surface area contributed by atoms with Gasteiger partial charge in [0.15, 0.2) is 0 Å². The summed E-state index contributed by atoms with van der Waals surface area (Å²) in [4.78, 5) is 16.1. The predicted octanol–water partition coefficient (Wildman–Crippen LogP) is 3.40. The van der Waals surface area contributed by atoms with E-state index in [1.165, 1.54) is 0 Å². The maximum absolute atomic E-state index is 12.1. The summed E-state index contributed by atoms with van der Waals surface area (Å²) in [5, 5.41) is 5.75. The number of carbonyl (C=O) groups is 1. The van der Waals surface area contributed by atoms with Crippen molar-refractivity contribution in [2.75, 3.05) is 5.32 Å². The number of hydrogen-bond acceptors (Lipinski definition) is 4. The number of imidazole rings is 1. The smallest absolute Gasteiger partial charge is 0.319 e. The molecule has 0 fully saturated rings. The van der Waals surface area contributed by atoms with Gasteiger partial charge < -0.3 is 24.4 Å². The average Bonchev–Trinajstić information content (AvgIpc) is 3.29. The van der Waals surface area contributed by atoms with Crippen molar-refractivity contribution in [3.05, 3.63) is 72.7 Å². The number of nitrogens with one attached hydrogen (secondary N) is 2. The minimum Gasteiger partial charge on any atom is -0.467 e. The zero-order chi connectivity index (χ0) is 18.2. The second kappa shape index (κ2) is 8.87. The SMILES string of the molecule is C[C@H](Cn1ccnc1)NC(=O)Nc1cccc(COCc2ccco2)c1. The monoisotopic (exact) mass is 354 g/mol. The van der Waals surface area contributed by atoms with Crippen LogP contribution in [0.25, 0.3) is 0 Å². The van der Waals surface area contributed by atoms with E-state index in [1.54, 1.807) is 18.8 Å². The first-order chi connectivity index (χ1) is 12.7. The van der Waals surface area contributed by atoms with Crippen molar-refractivity contribution >= 4 is 11.7 Å². The number of furan rings is 1. The van der Waals surface area contributed by atoms with Gasteiger partial charge in [0.25, 0.3) is 0 Å². The van der Waals surface area contributed by atoms with Crippen LogP contribution in [0.2, 0.25) is 0 Å². The molecule has 1 aromatic carbocycles. The topological polar surface area (TPSA) is 81.3 Å². The minimum absolute atomic E-state index is 0.0241. The summed E-state index contributed by atoms with van der Waals surface area (Å²) >= 11 is 0. The van der Waals surface area contributed by atoms with E-state index in [9.17, 15) is 4.79 Å². The fourth-order valence-corrected chi connectivity index (χ4v) is 2.55. The number of hydrogen-bond donors (Lipinski definition) is 2. The van der Waals surface area contributed by atoms with Crippen LogP contribution in [-0.4, -0.2) is 21.6 Å². The zero-order valence-corrected chi connectivity index (χ0v) is 14.6. The summed E-state index contributed by atoms with van der Waals surface area (Å²) in [7, 11) is 0. The Hall–Kier alpha value is -3.06. The summed E-state index contributed by atoms with van der Waals surface area (Å²) in [5.41, 5.74) is 1.69. The van der Waals surface area contributed by atoms with Gasteiger partial charge in [-0.2, -0.15) is 0 Å². The Morgan fingerprint density at radius 3 is 3.00 bits per heavy atom. The van der Waals surface area contributed by atoms with Crippen LogP contribution < -0.4 is 10.6 Å². The van der Waals surface area contributed by atoms with Crippen molar-refractivity contribution in [3.63, 3.8) is 0 Å². The van der Waals surface area contributed by atoms with Crippen LogP contribution in [0.15, 0.2) is 65.8 Å². The lowest BCUT2D eigenvalue weighted by molar-refractivity contribution is 0.0930. The second-order valence-corrected chi connectivity index (χ2v) is 6.03. The number of amides is 2. The Morgan fingerprint density at radius 2 is 2.23 bits per heavy atom. The standard InChI is InChI=1S/C19H22N4O3/c1-15(11-23-8-7-20-14-23)21-19(24)22-17-5-2-4-16(10-17)12-25-13-18-6-3-9-26-18/h2-10,14-15H,11-13H2,1H3,(H2,21,22,24)/t15-/m1/s1. The van der Waals surface area contributed by atoms with E-state index in [0.717, 1.165) is 17.0 Å². The van der Waals surface area contributed by atoms with Crippen LogP contribution in [0.4, 0.5) is 10.5 Å². The quantitative estimate of drug-likeness (QED) is 0.650. The van der Waals surface area contributed by atoms with Crippen molar-refractivity contribution in [2.24, 2.45) is 0 Å². The van der Waals surface area contributed by atoms with Gasteiger partial charge in [-0.3, -0.25) is 0 Å². The molecule has 0 saturated heterocycles. The Morgan fingerprint density at radius 1 is 1.31 bits per heavy atom. The Balaban J connectivity index is 1.45. The molecular formula is C19H22N4O3. The molecular weight excluding hydrogens is 332 g/mol. The Bertz CT molecular complexity index is 800. The molecule has 2 N–H and O–H groups in total. The molecule has 2 aromatic heterocycles. The van der Waals surface area contributed by atoms with E-state index < -0.39 is 0 Å². The van der Waals surface area contributed by atoms with E-state index >= 15 is 0 Å². The van der Waals surface area contributed by atoms with Gasteiger partial charge in [-0.25, -0.2) is 9.78 Å². The number of aromatic nitrogens is 2. The molecule has 7 heteroatoms. The molecule has 0 radical (unpaired) electrons. The molecule has 136 valence electrons. The van der Waals surface area contributed by atoms with E-state index in [-0.39, 0.29) is 12.1 Å². The summed E-state index contributed by atoms with van der Waals surface area (Å²) < 4.78 is 12.8. The van der Waals surface area contributed by atoms with Gasteiger partial charge >= 0.3 is 6.03 Å². The zero-order valence-electron chi connectivity index (χ0n) is 14.6. The molecule has 3 rings (SSSR count). The molecule has 0 bridgehead atoms. The largest absolute Gasteiger partial charge is 0.467 e. The molecule has 0 aliphatic rings. The third kappa shape index (κ3) is 5.49. The number of ether oxygens (including phenoxy) is 1. The molecule has 2 heterocycles. The number of anilines is 1. The number of nitrogens with zero attached hydrogens (tertiary/aromatic N) is 2. The summed E-state index contributed by atoms with van der Waals surface area (Å²) in [5.74, 6) is 0.783. The van der Waals surface area contributed by atoms with Gasteiger partial charge in [0, 0.05) is 30.7 Å². The molecule has 0 saturated carbocycles. The fourth-order valence-electron chi connectivity index (χ4n) is 2.55. The second-order valence-electron chi connectivity index (χ2n) is 6.03. The first-order valence-corrected chi connectivity index (χ1v) is 8.41. The first kappa shape index (κ1) is 17.8. The van der Waals surface area contributed by atoms with Crippen molar-refractivity contribution in [1.29, 1.82) is 0 Å². The fraction of sp³-hybridized carbons (Fsp3) is 0.263. The maximum Gasteiger partial charge on any atom is 0.319 e. The molecule has 1 atom stereocenters. The van der Waals surface area contributed by atoms with Gasteiger partial charge in [-0.05, 0) is 36.8 Å². The summed E-state index contributed by atoms with van der Waals surface area (Å²) in [6, 6.07) is 11.0. The molecule has 3 aromatic rings. The lowest BCUT2D eigenvalue weighted by atomic mass is 10.2. The van der Waals surface area contributed by atoms with E-state index in [4.69, 9.17) is 9.15 Å². The molecule has 0 spiro atoms. The lowest BCUT2D eigenvalue weighted by Gasteiger charge is -2.15. The predicted molar refractivity (Wildman–Crippen MR) is 97.5 cm³/mol. The molecule has 7 nitrogen and oxygen atoms in total. The van der Waals surface area contributed by atoms with Crippen LogP contribution in [-0.2, 0) is 24.5 Å². The van der Waals surface area contributed by atoms with Crippen LogP contribution in [0, 0.1) is 0 Å². The van der Waals surface area contributed by atoms with Gasteiger partial charge in [0.1, 0.15) is 12.4 Å². The van der Waals surface area contributed by atoms with Crippen molar-refractivity contribution in [1.82, 2.24) is 14.9 Å². The Labute approximate surface area is 152 Å². The molecule has 0 unspecified atom stereocenters. The highest BCUT2D eigenvalue weighted by molar-refractivity contribution is 5.89. The first-order valence-electron chi connectivity index (χ1n) is 8.41. The van der Waals surface area contributed by atoms with Crippen molar-refractivity contribution in [2.45, 2.75) is 32.7 Å². The molecule has 0 aliphatic heterocycles. The molecule has 2 amide bonds. The maximum atomic E-state index is 12.1. The average molecular weight is 354 g/mol. The third-order valence-corrected chi connectivity index (χ3v) is 3.70. The van der Waals surface area contributed by atoms with Crippen LogP contribution in [0.1, 0.15) is 18.2 Å². The third-order valence-electron chi connectivity index (χ3n) is 3.70. The van der Waals surface area contributed by atoms with E-state index in [0.29, 0.717) is 19.8 Å². The minimum atomic E-state index is -0.244. The van der Waals surface area contributed by atoms with Crippen LogP contribution >= 0.6 is 0 Å². The van der Waals surface area contributed by atoms with Gasteiger partial charge in [-0.1, -0.05) is 12.1 Å². The summed E-state index contributed by atoms with van der Waals surface area (Å²) in [6.45, 7) is 3.46. The highest BCUT2D eigenvalue weighted by Crippen LogP contribution is 2.13. The van der Waals surface area contributed by atoms with Gasteiger partial charge in [0.2, 0.25) is 0 Å². The van der Waals surface area contributed by atoms with Gasteiger partial charge in [-0.15, -0.1) is 0 Å². The molecule has 0 aliphatic carbocycles. The summed E-state index contributed by atoms with van der Waals surface area (Å²) in [6.07, 6.45) is 6.92. The highest BCUT2D eigenvalue weighted by Gasteiger charge is 2.08. The Kier molecular flexibility index (Phi) is 6.05. The lowest BCUT2D eigenvalue weighted by Crippen LogP contribution is -2.38. The van der Waals surface area contributed by atoms with Gasteiger partial charge in [0.05, 0.1) is 19.2 Å². The van der Waals surface area contributed by atoms with Crippen molar-refractivity contribution < 1.29 is 13.9 Å². The van der Waals surface area contributed by atoms with Crippen LogP contribution in [0.3, 0.4) is 0 Å². The van der Waals surface area contributed by atoms with E-state index in [2.05, 4.69) is 15.6 Å². The van der Waals surface area contributed by atoms with E-state index in [1.807, 2.05) is 54.1 Å². The number of benzene rings is 1. The molecule has 26 heavy (non-hydrogen) atoms. The number of rotatable bonds is 8. The number of urea groups is 1. The highest BCUT2D eigenvalue weighted by atomic mass is 16.5. The van der Waals surface area contributed by atoms with Crippen LogP contribution in [0.5, 0.6) is 0 Å². The van der Waals surface area contributed by atoms with Crippen molar-refractivity contribution in [3.8, 4) is 0 Å². The normalized spacial score (nSPS) is 11.9.